The third-order valence-electron chi connectivity index (χ3n) is 6.66. The molecule has 29 heavy (non-hydrogen) atoms. The quantitative estimate of drug-likeness (QED) is 0.370. The molecule has 158 valence electrons. The summed E-state index contributed by atoms with van der Waals surface area (Å²) in [5.41, 5.74) is 4.00. The van der Waals surface area contributed by atoms with E-state index in [1.54, 1.807) is 13.2 Å². The van der Waals surface area contributed by atoms with Crippen LogP contribution in [0.2, 0.25) is 0 Å². The third kappa shape index (κ3) is 6.67. The summed E-state index contributed by atoms with van der Waals surface area (Å²) in [6.45, 7) is 2.60. The van der Waals surface area contributed by atoms with Crippen molar-refractivity contribution < 1.29 is 9.13 Å². The molecule has 2 heteroatoms. The highest BCUT2D eigenvalue weighted by atomic mass is 19.1. The monoisotopic (exact) mass is 396 g/mol. The van der Waals surface area contributed by atoms with Crippen LogP contribution in [0.4, 0.5) is 4.39 Å². The Kier molecular flexibility index (Phi) is 8.73. The van der Waals surface area contributed by atoms with Crippen LogP contribution in [-0.2, 0) is 17.8 Å². The average molecular weight is 397 g/mol. The number of rotatable bonds is 10. The molecule has 1 fully saturated rings. The van der Waals surface area contributed by atoms with Crippen molar-refractivity contribution >= 4 is 0 Å². The number of aryl methyl sites for hydroxylation is 1. The van der Waals surface area contributed by atoms with Crippen molar-refractivity contribution in [3.8, 4) is 11.1 Å². The molecular formula is C27H37FO. The van der Waals surface area contributed by atoms with Crippen LogP contribution >= 0.6 is 0 Å². The topological polar surface area (TPSA) is 9.23 Å². The van der Waals surface area contributed by atoms with Crippen LogP contribution in [0.1, 0.15) is 75.8 Å². The fourth-order valence-corrected chi connectivity index (χ4v) is 4.73. The molecule has 0 aromatic heterocycles. The van der Waals surface area contributed by atoms with Crippen LogP contribution in [0.15, 0.2) is 42.5 Å². The van der Waals surface area contributed by atoms with Crippen LogP contribution in [0, 0.1) is 17.7 Å². The number of hydrogen-bond acceptors (Lipinski definition) is 1. The smallest absolute Gasteiger partial charge is 0.129 e. The zero-order valence-electron chi connectivity index (χ0n) is 18.3. The van der Waals surface area contributed by atoms with E-state index in [1.807, 2.05) is 12.1 Å². The predicted molar refractivity (Wildman–Crippen MR) is 120 cm³/mol. The Morgan fingerprint density at radius 1 is 0.862 bits per heavy atom. The van der Waals surface area contributed by atoms with E-state index < -0.39 is 0 Å². The molecule has 2 aromatic rings. The Morgan fingerprint density at radius 3 is 2.14 bits per heavy atom. The minimum absolute atomic E-state index is 0.196. The Balaban J connectivity index is 1.46. The average Bonchev–Trinajstić information content (AvgIpc) is 2.75. The van der Waals surface area contributed by atoms with Gasteiger partial charge >= 0.3 is 0 Å². The minimum atomic E-state index is -0.196. The maximum atomic E-state index is 14.2. The number of methoxy groups -OCH3 is 1. The van der Waals surface area contributed by atoms with E-state index in [9.17, 15) is 4.39 Å². The van der Waals surface area contributed by atoms with Gasteiger partial charge in [0.1, 0.15) is 5.82 Å². The van der Waals surface area contributed by atoms with Crippen molar-refractivity contribution in [2.45, 2.75) is 77.7 Å². The van der Waals surface area contributed by atoms with Gasteiger partial charge in [0.05, 0.1) is 6.61 Å². The number of unbranched alkanes of at least 4 members (excludes halogenated alkanes) is 2. The Hall–Kier alpha value is -1.67. The maximum Gasteiger partial charge on any atom is 0.129 e. The molecule has 0 atom stereocenters. The SMILES string of the molecule is CCCCCC1CCC(CCc2ccc(-c3ccc(COC)c(F)c3)cc2)CC1. The molecule has 0 saturated heterocycles. The highest BCUT2D eigenvalue weighted by molar-refractivity contribution is 5.64. The van der Waals surface area contributed by atoms with Gasteiger partial charge in [-0.25, -0.2) is 4.39 Å². The highest BCUT2D eigenvalue weighted by Crippen LogP contribution is 2.34. The summed E-state index contributed by atoms with van der Waals surface area (Å²) in [5, 5.41) is 0. The molecule has 0 amide bonds. The molecule has 1 aliphatic rings. The van der Waals surface area contributed by atoms with Gasteiger partial charge in [0.15, 0.2) is 0 Å². The summed E-state index contributed by atoms with van der Waals surface area (Å²) in [6, 6.07) is 14.1. The summed E-state index contributed by atoms with van der Waals surface area (Å²) >= 11 is 0. The van der Waals surface area contributed by atoms with Crippen LogP contribution < -0.4 is 0 Å². The number of halogens is 1. The van der Waals surface area contributed by atoms with E-state index in [4.69, 9.17) is 4.74 Å². The molecule has 3 rings (SSSR count). The molecular weight excluding hydrogens is 359 g/mol. The summed E-state index contributed by atoms with van der Waals surface area (Å²) < 4.78 is 19.2. The highest BCUT2D eigenvalue weighted by Gasteiger charge is 2.20. The van der Waals surface area contributed by atoms with Gasteiger partial charge < -0.3 is 4.74 Å². The first-order valence-corrected chi connectivity index (χ1v) is 11.6. The second-order valence-corrected chi connectivity index (χ2v) is 8.86. The van der Waals surface area contributed by atoms with E-state index in [1.165, 1.54) is 63.4 Å². The van der Waals surface area contributed by atoms with Crippen LogP contribution in [0.25, 0.3) is 11.1 Å². The summed E-state index contributed by atoms with van der Waals surface area (Å²) in [5.74, 6) is 1.70. The van der Waals surface area contributed by atoms with Crippen LogP contribution in [-0.4, -0.2) is 7.11 Å². The molecule has 0 bridgehead atoms. The lowest BCUT2D eigenvalue weighted by Gasteiger charge is -2.28. The summed E-state index contributed by atoms with van der Waals surface area (Å²) in [6.07, 6.45) is 13.8. The van der Waals surface area contributed by atoms with E-state index in [0.717, 1.165) is 29.4 Å². The zero-order chi connectivity index (χ0) is 20.5. The van der Waals surface area contributed by atoms with Gasteiger partial charge in [0, 0.05) is 12.7 Å². The fourth-order valence-electron chi connectivity index (χ4n) is 4.73. The van der Waals surface area contributed by atoms with Crippen molar-refractivity contribution in [1.29, 1.82) is 0 Å². The van der Waals surface area contributed by atoms with Crippen LogP contribution in [0.5, 0.6) is 0 Å². The van der Waals surface area contributed by atoms with Gasteiger partial charge in [-0.05, 0) is 47.4 Å². The number of benzene rings is 2. The zero-order valence-corrected chi connectivity index (χ0v) is 18.3. The normalized spacial score (nSPS) is 19.4. The molecule has 0 radical (unpaired) electrons. The van der Waals surface area contributed by atoms with Crippen molar-refractivity contribution in [3.63, 3.8) is 0 Å². The molecule has 0 unspecified atom stereocenters. The van der Waals surface area contributed by atoms with Crippen molar-refractivity contribution in [2.24, 2.45) is 11.8 Å². The minimum Gasteiger partial charge on any atom is -0.380 e. The predicted octanol–water partition coefficient (Wildman–Crippen LogP) is 7.96. The first-order chi connectivity index (χ1) is 14.2. The molecule has 0 N–H and O–H groups in total. The van der Waals surface area contributed by atoms with Gasteiger partial charge in [-0.3, -0.25) is 0 Å². The first kappa shape index (κ1) is 22.0. The largest absolute Gasteiger partial charge is 0.380 e. The standard InChI is InChI=1S/C27H37FO/c1-3-4-5-6-21-7-9-22(10-8-21)11-12-23-13-15-24(16-14-23)25-17-18-26(20-29-2)27(28)19-25/h13-19,21-22H,3-12,20H2,1-2H3. The molecule has 2 aromatic carbocycles. The number of hydrogen-bond donors (Lipinski definition) is 0. The second kappa shape index (κ2) is 11.5. The Bertz CT molecular complexity index is 729. The van der Waals surface area contributed by atoms with Gasteiger partial charge in [0.25, 0.3) is 0 Å². The summed E-state index contributed by atoms with van der Waals surface area (Å²) in [7, 11) is 1.59. The van der Waals surface area contributed by atoms with Gasteiger partial charge in [-0.15, -0.1) is 0 Å². The van der Waals surface area contributed by atoms with Crippen molar-refractivity contribution in [2.75, 3.05) is 7.11 Å². The Morgan fingerprint density at radius 2 is 1.52 bits per heavy atom. The maximum absolute atomic E-state index is 14.2. The van der Waals surface area contributed by atoms with Gasteiger partial charge in [-0.2, -0.15) is 0 Å². The fraction of sp³-hybridized carbons (Fsp3) is 0.556. The van der Waals surface area contributed by atoms with E-state index in [0.29, 0.717) is 12.2 Å². The molecule has 1 aliphatic carbocycles. The lowest BCUT2D eigenvalue weighted by atomic mass is 9.78. The van der Waals surface area contributed by atoms with E-state index in [-0.39, 0.29) is 5.82 Å². The number of ether oxygens (including phenoxy) is 1. The van der Waals surface area contributed by atoms with Crippen molar-refractivity contribution in [1.82, 2.24) is 0 Å². The van der Waals surface area contributed by atoms with Gasteiger partial charge in [0.2, 0.25) is 0 Å². The van der Waals surface area contributed by atoms with E-state index in [2.05, 4.69) is 31.2 Å². The molecule has 0 heterocycles. The van der Waals surface area contributed by atoms with Crippen molar-refractivity contribution in [3.05, 3.63) is 59.4 Å². The van der Waals surface area contributed by atoms with E-state index >= 15 is 0 Å². The first-order valence-electron chi connectivity index (χ1n) is 11.6. The molecule has 1 nitrogen and oxygen atoms in total. The molecule has 0 aliphatic heterocycles. The third-order valence-corrected chi connectivity index (χ3v) is 6.66. The lowest BCUT2D eigenvalue weighted by molar-refractivity contribution is 0.181. The van der Waals surface area contributed by atoms with Gasteiger partial charge in [-0.1, -0.05) is 94.7 Å². The molecule has 1 saturated carbocycles. The van der Waals surface area contributed by atoms with Crippen LogP contribution in [0.3, 0.4) is 0 Å². The summed E-state index contributed by atoms with van der Waals surface area (Å²) in [4.78, 5) is 0. The lowest BCUT2D eigenvalue weighted by Crippen LogP contribution is -2.15. The second-order valence-electron chi connectivity index (χ2n) is 8.86. The molecule has 0 spiro atoms. The Labute approximate surface area is 176 Å².